The first-order chi connectivity index (χ1) is 15.3. The van der Waals surface area contributed by atoms with Gasteiger partial charge in [0.05, 0.1) is 26.9 Å². The number of alkyl halides is 3. The zero-order valence-corrected chi connectivity index (χ0v) is 17.0. The highest BCUT2D eigenvalue weighted by Crippen LogP contribution is 2.31. The van der Waals surface area contributed by atoms with Gasteiger partial charge in [-0.15, -0.1) is 0 Å². The molecule has 0 atom stereocenters. The van der Waals surface area contributed by atoms with E-state index in [1.165, 1.54) is 33.9 Å². The van der Waals surface area contributed by atoms with Crippen LogP contribution in [0.4, 0.5) is 13.2 Å². The number of hydrogen-bond donors (Lipinski definition) is 0. The van der Waals surface area contributed by atoms with Crippen LogP contribution in [0, 0.1) is 0 Å². The number of thiazole rings is 1. The lowest BCUT2D eigenvalue weighted by Gasteiger charge is -2.11. The average Bonchev–Trinajstić information content (AvgIpc) is 3.31. The minimum atomic E-state index is -4.73. The molecule has 0 aliphatic rings. The van der Waals surface area contributed by atoms with Crippen molar-refractivity contribution in [3.05, 3.63) is 76.5 Å². The Balaban J connectivity index is 1.40. The number of fused-ring (bicyclic) bond motifs is 4. The van der Waals surface area contributed by atoms with Crippen molar-refractivity contribution in [2.24, 2.45) is 0 Å². The zero-order valence-electron chi connectivity index (χ0n) is 16.2. The molecule has 162 valence electrons. The zero-order chi connectivity index (χ0) is 22.5. The maximum atomic E-state index is 13.4. The lowest BCUT2D eigenvalue weighted by molar-refractivity contribution is -0.151. The number of para-hydroxylation sites is 3. The van der Waals surface area contributed by atoms with Crippen LogP contribution < -0.4 is 5.56 Å². The van der Waals surface area contributed by atoms with E-state index < -0.39 is 24.5 Å². The number of esters is 1. The molecule has 7 nitrogen and oxygen atoms in total. The maximum absolute atomic E-state index is 13.4. The predicted octanol–water partition coefficient (Wildman–Crippen LogP) is 4.02. The third-order valence-electron chi connectivity index (χ3n) is 4.82. The lowest BCUT2D eigenvalue weighted by Crippen LogP contribution is -2.21. The van der Waals surface area contributed by atoms with Crippen molar-refractivity contribution in [1.29, 1.82) is 0 Å². The number of hydrogen-bond acceptors (Lipinski definition) is 6. The van der Waals surface area contributed by atoms with E-state index in [9.17, 15) is 22.8 Å². The van der Waals surface area contributed by atoms with Crippen molar-refractivity contribution in [3.63, 3.8) is 0 Å². The summed E-state index contributed by atoms with van der Waals surface area (Å²) in [5.41, 5.74) is 0.887. The first kappa shape index (κ1) is 20.2. The van der Waals surface area contributed by atoms with E-state index in [1.807, 2.05) is 18.2 Å². The van der Waals surface area contributed by atoms with Crippen LogP contribution >= 0.6 is 11.3 Å². The number of carbonyl (C=O) groups is 1. The standard InChI is InChI=1S/C21H13F3N4O3S/c22-21(23,24)19-26-13-5-1-2-6-14(13)27(19)10-18(30)31-11-12-9-17(29)28-15-7-3-4-8-16(15)32-20(28)25-12/h1-9H,10-11H2. The number of carbonyl (C=O) groups excluding carboxylic acids is 1. The highest BCUT2D eigenvalue weighted by Gasteiger charge is 2.38. The van der Waals surface area contributed by atoms with Crippen LogP contribution in [-0.2, 0) is 28.9 Å². The molecule has 0 unspecified atom stereocenters. The van der Waals surface area contributed by atoms with Crippen molar-refractivity contribution in [2.75, 3.05) is 0 Å². The Morgan fingerprint density at radius 3 is 2.53 bits per heavy atom. The molecule has 32 heavy (non-hydrogen) atoms. The van der Waals surface area contributed by atoms with Crippen molar-refractivity contribution in [1.82, 2.24) is 18.9 Å². The molecule has 2 aromatic carbocycles. The van der Waals surface area contributed by atoms with Gasteiger partial charge in [0.25, 0.3) is 5.56 Å². The van der Waals surface area contributed by atoms with E-state index in [-0.39, 0.29) is 28.9 Å². The SMILES string of the molecule is O=C(Cn1c(C(F)(F)F)nc2ccccc21)OCc1cc(=O)n2c(n1)sc1ccccc12. The maximum Gasteiger partial charge on any atom is 0.449 e. The van der Waals surface area contributed by atoms with Gasteiger partial charge in [-0.05, 0) is 24.3 Å². The van der Waals surface area contributed by atoms with Crippen LogP contribution in [0.2, 0.25) is 0 Å². The van der Waals surface area contributed by atoms with Crippen LogP contribution in [-0.4, -0.2) is 24.9 Å². The fraction of sp³-hybridized carbons (Fsp3) is 0.143. The summed E-state index contributed by atoms with van der Waals surface area (Å²) in [6.45, 7) is -1.02. The predicted molar refractivity (Wildman–Crippen MR) is 111 cm³/mol. The summed E-state index contributed by atoms with van der Waals surface area (Å²) < 4.78 is 48.4. The Morgan fingerprint density at radius 1 is 1.03 bits per heavy atom. The van der Waals surface area contributed by atoms with Crippen molar-refractivity contribution >= 4 is 43.5 Å². The molecular formula is C21H13F3N4O3S. The van der Waals surface area contributed by atoms with Crippen LogP contribution in [0.5, 0.6) is 0 Å². The van der Waals surface area contributed by atoms with Gasteiger partial charge in [-0.1, -0.05) is 35.6 Å². The Morgan fingerprint density at radius 2 is 1.75 bits per heavy atom. The molecular weight excluding hydrogens is 445 g/mol. The molecule has 3 aromatic heterocycles. The number of benzene rings is 2. The first-order valence-electron chi connectivity index (χ1n) is 9.39. The summed E-state index contributed by atoms with van der Waals surface area (Å²) in [6, 6.07) is 14.6. The minimum absolute atomic E-state index is 0.123. The minimum Gasteiger partial charge on any atom is -0.458 e. The molecule has 0 aliphatic carbocycles. The van der Waals surface area contributed by atoms with Gasteiger partial charge in [0.15, 0.2) is 4.96 Å². The number of ether oxygens (including phenoxy) is 1. The number of nitrogens with zero attached hydrogens (tertiary/aromatic N) is 4. The second kappa shape index (κ2) is 7.45. The summed E-state index contributed by atoms with van der Waals surface area (Å²) >= 11 is 1.31. The molecule has 11 heteroatoms. The normalized spacial score (nSPS) is 12.1. The third kappa shape index (κ3) is 3.50. The summed E-state index contributed by atoms with van der Waals surface area (Å²) in [5, 5.41) is 0. The van der Waals surface area contributed by atoms with Crippen molar-refractivity contribution < 1.29 is 22.7 Å². The van der Waals surface area contributed by atoms with E-state index in [4.69, 9.17) is 4.74 Å². The molecule has 0 radical (unpaired) electrons. The van der Waals surface area contributed by atoms with E-state index in [1.54, 1.807) is 18.2 Å². The topological polar surface area (TPSA) is 78.5 Å². The van der Waals surface area contributed by atoms with Gasteiger partial charge >= 0.3 is 12.1 Å². The summed E-state index contributed by atoms with van der Waals surface area (Å²) in [4.78, 5) is 33.3. The van der Waals surface area contributed by atoms with Crippen molar-refractivity contribution in [3.8, 4) is 0 Å². The van der Waals surface area contributed by atoms with E-state index in [0.717, 1.165) is 14.8 Å². The van der Waals surface area contributed by atoms with Crippen LogP contribution in [0.3, 0.4) is 0 Å². The van der Waals surface area contributed by atoms with E-state index in [0.29, 0.717) is 4.96 Å². The van der Waals surface area contributed by atoms with Gasteiger partial charge in [-0.25, -0.2) is 9.97 Å². The van der Waals surface area contributed by atoms with Crippen LogP contribution in [0.1, 0.15) is 11.5 Å². The monoisotopic (exact) mass is 458 g/mol. The van der Waals surface area contributed by atoms with Crippen LogP contribution in [0.25, 0.3) is 26.2 Å². The molecule has 0 aliphatic heterocycles. The molecule has 0 bridgehead atoms. The largest absolute Gasteiger partial charge is 0.458 e. The fourth-order valence-electron chi connectivity index (χ4n) is 3.48. The van der Waals surface area contributed by atoms with E-state index in [2.05, 4.69) is 9.97 Å². The summed E-state index contributed by atoms with van der Waals surface area (Å²) in [7, 11) is 0. The molecule has 0 amide bonds. The lowest BCUT2D eigenvalue weighted by atomic mass is 10.3. The molecule has 3 heterocycles. The fourth-order valence-corrected chi connectivity index (χ4v) is 4.53. The van der Waals surface area contributed by atoms with Gasteiger partial charge in [0.2, 0.25) is 5.82 Å². The Bertz CT molecular complexity index is 1550. The highest BCUT2D eigenvalue weighted by molar-refractivity contribution is 7.23. The Labute approximate surface area is 181 Å². The third-order valence-corrected chi connectivity index (χ3v) is 5.85. The highest BCUT2D eigenvalue weighted by atomic mass is 32.1. The molecule has 5 rings (SSSR count). The molecule has 0 saturated carbocycles. The molecule has 0 spiro atoms. The van der Waals surface area contributed by atoms with Gasteiger partial charge in [-0.2, -0.15) is 13.2 Å². The quantitative estimate of drug-likeness (QED) is 0.380. The number of aromatic nitrogens is 4. The van der Waals surface area contributed by atoms with E-state index >= 15 is 0 Å². The summed E-state index contributed by atoms with van der Waals surface area (Å²) in [6.07, 6.45) is -4.73. The van der Waals surface area contributed by atoms with Crippen molar-refractivity contribution in [2.45, 2.75) is 19.3 Å². The van der Waals surface area contributed by atoms with Gasteiger partial charge in [-0.3, -0.25) is 14.0 Å². The smallest absolute Gasteiger partial charge is 0.449 e. The van der Waals surface area contributed by atoms with Gasteiger partial charge in [0.1, 0.15) is 13.2 Å². The number of imidazole rings is 1. The number of rotatable bonds is 4. The second-order valence-electron chi connectivity index (χ2n) is 6.94. The number of halogens is 3. The average molecular weight is 458 g/mol. The molecule has 0 saturated heterocycles. The second-order valence-corrected chi connectivity index (χ2v) is 7.95. The first-order valence-corrected chi connectivity index (χ1v) is 10.2. The molecule has 0 fully saturated rings. The van der Waals surface area contributed by atoms with Crippen LogP contribution in [0.15, 0.2) is 59.4 Å². The van der Waals surface area contributed by atoms with Gasteiger partial charge < -0.3 is 9.30 Å². The molecule has 5 aromatic rings. The Hall–Kier alpha value is -3.73. The summed E-state index contributed by atoms with van der Waals surface area (Å²) in [5.74, 6) is -2.09. The molecule has 0 N–H and O–H groups in total. The van der Waals surface area contributed by atoms with Gasteiger partial charge in [0, 0.05) is 6.07 Å². The Kier molecular flexibility index (Phi) is 4.70.